The maximum atomic E-state index is 5.52. The predicted octanol–water partition coefficient (Wildman–Crippen LogP) is 2.48. The Morgan fingerprint density at radius 3 is 2.52 bits per heavy atom. The summed E-state index contributed by atoms with van der Waals surface area (Å²) in [7, 11) is 4.08. The Morgan fingerprint density at radius 1 is 1.33 bits per heavy atom. The van der Waals surface area contributed by atoms with Gasteiger partial charge < -0.3 is 15.1 Å². The smallest absolute Gasteiger partial charge is 0.191 e. The van der Waals surface area contributed by atoms with Gasteiger partial charge in [0.2, 0.25) is 0 Å². The summed E-state index contributed by atoms with van der Waals surface area (Å²) in [6.07, 6.45) is 1.71. The summed E-state index contributed by atoms with van der Waals surface area (Å²) in [6, 6.07) is 4.44. The molecule has 5 heteroatoms. The van der Waals surface area contributed by atoms with Crippen LogP contribution in [0.25, 0.3) is 0 Å². The second-order valence-corrected chi connectivity index (χ2v) is 5.89. The zero-order valence-corrected chi connectivity index (χ0v) is 14.2. The highest BCUT2D eigenvalue weighted by atomic mass is 16.3. The van der Waals surface area contributed by atoms with Gasteiger partial charge in [-0.2, -0.15) is 0 Å². The normalized spacial score (nSPS) is 15.3. The standard InChI is InChI=1S/C16H30N4O/c1-7-17-16(19-13(4)12(2)3)18-11-14(20(5)6)15-9-8-10-21-15/h8-10,12-14H,7,11H2,1-6H3,(H2,17,18,19). The molecule has 0 aliphatic rings. The third-order valence-electron chi connectivity index (χ3n) is 3.63. The molecule has 0 aromatic carbocycles. The zero-order valence-electron chi connectivity index (χ0n) is 14.2. The number of guanidine groups is 1. The fourth-order valence-electron chi connectivity index (χ4n) is 1.87. The molecule has 1 rings (SSSR count). The van der Waals surface area contributed by atoms with Crippen LogP contribution in [0.15, 0.2) is 27.8 Å². The number of likely N-dealkylation sites (N-methyl/N-ethyl adjacent to an activating group) is 1. The van der Waals surface area contributed by atoms with E-state index in [4.69, 9.17) is 9.41 Å². The third-order valence-corrected chi connectivity index (χ3v) is 3.63. The average molecular weight is 294 g/mol. The van der Waals surface area contributed by atoms with Crippen molar-refractivity contribution in [3.63, 3.8) is 0 Å². The molecule has 2 atom stereocenters. The molecule has 0 amide bonds. The summed E-state index contributed by atoms with van der Waals surface area (Å²) in [4.78, 5) is 6.83. The van der Waals surface area contributed by atoms with E-state index in [-0.39, 0.29) is 6.04 Å². The number of hydrogen-bond donors (Lipinski definition) is 2. The molecule has 5 nitrogen and oxygen atoms in total. The largest absolute Gasteiger partial charge is 0.468 e. The van der Waals surface area contributed by atoms with Crippen LogP contribution in [0.3, 0.4) is 0 Å². The van der Waals surface area contributed by atoms with Gasteiger partial charge in [0.15, 0.2) is 5.96 Å². The summed E-state index contributed by atoms with van der Waals surface area (Å²) in [5.74, 6) is 2.36. The van der Waals surface area contributed by atoms with E-state index in [0.29, 0.717) is 18.5 Å². The SMILES string of the molecule is CCNC(=NCC(c1ccco1)N(C)C)NC(C)C(C)C. The van der Waals surface area contributed by atoms with Crippen molar-refractivity contribution < 1.29 is 4.42 Å². The molecule has 0 aliphatic heterocycles. The quantitative estimate of drug-likeness (QED) is 0.599. The lowest BCUT2D eigenvalue weighted by Crippen LogP contribution is -2.44. The highest BCUT2D eigenvalue weighted by Gasteiger charge is 2.17. The highest BCUT2D eigenvalue weighted by molar-refractivity contribution is 5.80. The maximum Gasteiger partial charge on any atom is 0.191 e. The Morgan fingerprint density at radius 2 is 2.05 bits per heavy atom. The van der Waals surface area contributed by atoms with Crippen LogP contribution in [0.4, 0.5) is 0 Å². The summed E-state index contributed by atoms with van der Waals surface area (Å²) in [5.41, 5.74) is 0. The third kappa shape index (κ3) is 5.79. The van der Waals surface area contributed by atoms with Crippen molar-refractivity contribution in [2.24, 2.45) is 10.9 Å². The van der Waals surface area contributed by atoms with Gasteiger partial charge in [-0.05, 0) is 46.0 Å². The first kappa shape index (κ1) is 17.6. The van der Waals surface area contributed by atoms with Crippen molar-refractivity contribution >= 4 is 5.96 Å². The van der Waals surface area contributed by atoms with Crippen LogP contribution in [0.1, 0.15) is 39.5 Å². The fraction of sp³-hybridized carbons (Fsp3) is 0.688. The van der Waals surface area contributed by atoms with Crippen LogP contribution in [0.2, 0.25) is 0 Å². The van der Waals surface area contributed by atoms with E-state index < -0.39 is 0 Å². The fourth-order valence-corrected chi connectivity index (χ4v) is 1.87. The van der Waals surface area contributed by atoms with Gasteiger partial charge in [-0.15, -0.1) is 0 Å². The second kappa shape index (κ2) is 8.72. The molecule has 0 saturated carbocycles. The molecule has 21 heavy (non-hydrogen) atoms. The van der Waals surface area contributed by atoms with E-state index >= 15 is 0 Å². The first-order valence-corrected chi connectivity index (χ1v) is 7.70. The van der Waals surface area contributed by atoms with E-state index in [1.165, 1.54) is 0 Å². The Bertz CT molecular complexity index is 412. The molecule has 120 valence electrons. The lowest BCUT2D eigenvalue weighted by Gasteiger charge is -2.23. The van der Waals surface area contributed by atoms with Crippen LogP contribution < -0.4 is 10.6 Å². The first-order valence-electron chi connectivity index (χ1n) is 7.70. The molecule has 1 aromatic rings. The van der Waals surface area contributed by atoms with Crippen molar-refractivity contribution in [1.82, 2.24) is 15.5 Å². The van der Waals surface area contributed by atoms with Crippen LogP contribution in [0, 0.1) is 5.92 Å². The molecule has 0 spiro atoms. The van der Waals surface area contributed by atoms with Crippen molar-refractivity contribution in [3.05, 3.63) is 24.2 Å². The molecule has 2 N–H and O–H groups in total. The second-order valence-electron chi connectivity index (χ2n) is 5.89. The van der Waals surface area contributed by atoms with Gasteiger partial charge in [0, 0.05) is 12.6 Å². The van der Waals surface area contributed by atoms with Crippen LogP contribution in [-0.2, 0) is 0 Å². The van der Waals surface area contributed by atoms with E-state index in [9.17, 15) is 0 Å². The van der Waals surface area contributed by atoms with Crippen LogP contribution in [0.5, 0.6) is 0 Å². The predicted molar refractivity (Wildman–Crippen MR) is 88.6 cm³/mol. The molecule has 0 bridgehead atoms. The minimum Gasteiger partial charge on any atom is -0.468 e. The van der Waals surface area contributed by atoms with E-state index in [1.54, 1.807) is 6.26 Å². The van der Waals surface area contributed by atoms with Crippen molar-refractivity contribution in [2.45, 2.75) is 39.8 Å². The number of aliphatic imine (C=N–C) groups is 1. The molecular weight excluding hydrogens is 264 g/mol. The first-order chi connectivity index (χ1) is 9.95. The lowest BCUT2D eigenvalue weighted by atomic mass is 10.1. The van der Waals surface area contributed by atoms with Gasteiger partial charge in [-0.25, -0.2) is 0 Å². The van der Waals surface area contributed by atoms with Crippen molar-refractivity contribution in [1.29, 1.82) is 0 Å². The van der Waals surface area contributed by atoms with Crippen LogP contribution >= 0.6 is 0 Å². The minimum atomic E-state index is 0.143. The summed E-state index contributed by atoms with van der Waals surface area (Å²) in [6.45, 7) is 10.2. The van der Waals surface area contributed by atoms with E-state index in [2.05, 4.69) is 43.2 Å². The van der Waals surface area contributed by atoms with Gasteiger partial charge in [-0.3, -0.25) is 9.89 Å². The molecule has 0 saturated heterocycles. The number of hydrogen-bond acceptors (Lipinski definition) is 3. The Labute approximate surface area is 128 Å². The molecular formula is C16H30N4O. The minimum absolute atomic E-state index is 0.143. The Hall–Kier alpha value is -1.49. The molecule has 0 aliphatic carbocycles. The van der Waals surface area contributed by atoms with Gasteiger partial charge in [-0.1, -0.05) is 13.8 Å². The van der Waals surface area contributed by atoms with Gasteiger partial charge >= 0.3 is 0 Å². The summed E-state index contributed by atoms with van der Waals surface area (Å²) < 4.78 is 5.52. The van der Waals surface area contributed by atoms with Gasteiger partial charge in [0.25, 0.3) is 0 Å². The summed E-state index contributed by atoms with van der Waals surface area (Å²) in [5, 5.41) is 6.74. The zero-order chi connectivity index (χ0) is 15.8. The summed E-state index contributed by atoms with van der Waals surface area (Å²) >= 11 is 0. The molecule has 2 unspecified atom stereocenters. The Kier molecular flexibility index (Phi) is 7.29. The van der Waals surface area contributed by atoms with Crippen molar-refractivity contribution in [3.8, 4) is 0 Å². The van der Waals surface area contributed by atoms with Crippen molar-refractivity contribution in [2.75, 3.05) is 27.2 Å². The average Bonchev–Trinajstić information content (AvgIpc) is 2.92. The van der Waals surface area contributed by atoms with Gasteiger partial charge in [0.1, 0.15) is 5.76 Å². The Balaban J connectivity index is 2.74. The maximum absolute atomic E-state index is 5.52. The highest BCUT2D eigenvalue weighted by Crippen LogP contribution is 2.18. The number of furan rings is 1. The molecule has 0 fully saturated rings. The number of nitrogens with zero attached hydrogens (tertiary/aromatic N) is 2. The van der Waals surface area contributed by atoms with E-state index in [0.717, 1.165) is 18.3 Å². The monoisotopic (exact) mass is 294 g/mol. The molecule has 1 aromatic heterocycles. The molecule has 0 radical (unpaired) electrons. The molecule has 1 heterocycles. The van der Waals surface area contributed by atoms with E-state index in [1.807, 2.05) is 26.2 Å². The van der Waals surface area contributed by atoms with Gasteiger partial charge in [0.05, 0.1) is 18.8 Å². The number of nitrogens with one attached hydrogen (secondary N) is 2. The topological polar surface area (TPSA) is 52.8 Å². The van der Waals surface area contributed by atoms with Crippen LogP contribution in [-0.4, -0.2) is 44.1 Å². The lowest BCUT2D eigenvalue weighted by molar-refractivity contribution is 0.264. The number of rotatable bonds is 7.